The van der Waals surface area contributed by atoms with Crippen LogP contribution in [0.1, 0.15) is 6.42 Å². The Labute approximate surface area is 92.1 Å². The van der Waals surface area contributed by atoms with Crippen LogP contribution in [0.25, 0.3) is 0 Å². The van der Waals surface area contributed by atoms with Gasteiger partial charge in [-0.25, -0.2) is 9.18 Å². The summed E-state index contributed by atoms with van der Waals surface area (Å²) in [6, 6.07) is 0. The van der Waals surface area contributed by atoms with Crippen LogP contribution in [0.2, 0.25) is 0 Å². The summed E-state index contributed by atoms with van der Waals surface area (Å²) in [7, 11) is 2.42. The molecule has 90 valence electrons. The quantitative estimate of drug-likeness (QED) is 0.656. The lowest BCUT2D eigenvalue weighted by Gasteiger charge is -2.26. The number of methoxy groups -OCH3 is 2. The minimum Gasteiger partial charge on any atom is -0.469 e. The Kier molecular flexibility index (Phi) is 2.41. The standard InChI is InChI=1S/C10H14FNO4/c1-15-8(13)6-4-3-5(11)10(12,7(4)6)9(14)16-2/h4-7H,3,12H2,1-2H3. The molecular weight excluding hydrogens is 217 g/mol. The van der Waals surface area contributed by atoms with Crippen molar-refractivity contribution in [1.29, 1.82) is 0 Å². The number of fused-ring (bicyclic) bond motifs is 1. The van der Waals surface area contributed by atoms with Crippen molar-refractivity contribution in [2.75, 3.05) is 14.2 Å². The Bertz CT molecular complexity index is 348. The fourth-order valence-electron chi connectivity index (χ4n) is 2.86. The van der Waals surface area contributed by atoms with Gasteiger partial charge in [0, 0.05) is 5.92 Å². The first-order chi connectivity index (χ1) is 7.48. The molecule has 2 aliphatic rings. The molecule has 2 N–H and O–H groups in total. The van der Waals surface area contributed by atoms with Gasteiger partial charge >= 0.3 is 11.9 Å². The van der Waals surface area contributed by atoms with Crippen molar-refractivity contribution in [2.24, 2.45) is 23.5 Å². The van der Waals surface area contributed by atoms with Crippen LogP contribution in [-0.4, -0.2) is 37.9 Å². The van der Waals surface area contributed by atoms with Gasteiger partial charge in [0.15, 0.2) is 0 Å². The number of nitrogens with two attached hydrogens (primary N) is 1. The van der Waals surface area contributed by atoms with Gasteiger partial charge in [-0.15, -0.1) is 0 Å². The maximum Gasteiger partial charge on any atom is 0.329 e. The monoisotopic (exact) mass is 231 g/mol. The third-order valence-corrected chi connectivity index (χ3v) is 3.73. The molecule has 0 spiro atoms. The summed E-state index contributed by atoms with van der Waals surface area (Å²) in [5, 5.41) is 0. The molecule has 0 aromatic heterocycles. The van der Waals surface area contributed by atoms with E-state index in [1.165, 1.54) is 7.11 Å². The van der Waals surface area contributed by atoms with E-state index in [2.05, 4.69) is 9.47 Å². The number of halogens is 1. The van der Waals surface area contributed by atoms with Crippen LogP contribution in [0.3, 0.4) is 0 Å². The molecule has 2 fully saturated rings. The molecule has 16 heavy (non-hydrogen) atoms. The molecule has 5 nitrogen and oxygen atoms in total. The van der Waals surface area contributed by atoms with Gasteiger partial charge in [0.2, 0.25) is 0 Å². The number of esters is 2. The fraction of sp³-hybridized carbons (Fsp3) is 0.800. The van der Waals surface area contributed by atoms with Gasteiger partial charge in [0.25, 0.3) is 0 Å². The first kappa shape index (κ1) is 11.3. The molecule has 5 unspecified atom stereocenters. The van der Waals surface area contributed by atoms with Crippen LogP contribution in [0, 0.1) is 17.8 Å². The molecular formula is C10H14FNO4. The number of alkyl halides is 1. The van der Waals surface area contributed by atoms with Crippen LogP contribution in [-0.2, 0) is 19.1 Å². The molecule has 0 radical (unpaired) electrons. The number of hydrogen-bond donors (Lipinski definition) is 1. The summed E-state index contributed by atoms with van der Waals surface area (Å²) < 4.78 is 22.7. The SMILES string of the molecule is COC(=O)C1C2CC(F)C(N)(C(=O)OC)C21. The Morgan fingerprint density at radius 1 is 1.38 bits per heavy atom. The van der Waals surface area contributed by atoms with Crippen LogP contribution >= 0.6 is 0 Å². The molecule has 0 saturated heterocycles. The van der Waals surface area contributed by atoms with Crippen LogP contribution in [0.15, 0.2) is 0 Å². The second-order valence-corrected chi connectivity index (χ2v) is 4.37. The molecule has 2 aliphatic carbocycles. The number of carbonyl (C=O) groups is 2. The fourth-order valence-corrected chi connectivity index (χ4v) is 2.86. The van der Waals surface area contributed by atoms with Crippen molar-refractivity contribution in [3.63, 3.8) is 0 Å². The normalized spacial score (nSPS) is 44.8. The molecule has 0 amide bonds. The van der Waals surface area contributed by atoms with Crippen molar-refractivity contribution < 1.29 is 23.5 Å². The van der Waals surface area contributed by atoms with E-state index >= 15 is 0 Å². The lowest BCUT2D eigenvalue weighted by Crippen LogP contribution is -2.57. The second-order valence-electron chi connectivity index (χ2n) is 4.37. The summed E-state index contributed by atoms with van der Waals surface area (Å²) in [6.07, 6.45) is -1.33. The third-order valence-electron chi connectivity index (χ3n) is 3.73. The Morgan fingerprint density at radius 2 is 2.00 bits per heavy atom. The van der Waals surface area contributed by atoms with Crippen molar-refractivity contribution in [1.82, 2.24) is 0 Å². The molecule has 0 heterocycles. The largest absolute Gasteiger partial charge is 0.469 e. The highest BCUT2D eigenvalue weighted by molar-refractivity contribution is 5.87. The summed E-state index contributed by atoms with van der Waals surface area (Å²) in [5.41, 5.74) is 4.09. The first-order valence-corrected chi connectivity index (χ1v) is 5.07. The molecule has 0 aliphatic heterocycles. The van der Waals surface area contributed by atoms with Gasteiger partial charge < -0.3 is 15.2 Å². The highest BCUT2D eigenvalue weighted by atomic mass is 19.1. The molecule has 0 bridgehead atoms. The minimum absolute atomic E-state index is 0.121. The van der Waals surface area contributed by atoms with Crippen molar-refractivity contribution >= 4 is 11.9 Å². The second kappa shape index (κ2) is 3.41. The topological polar surface area (TPSA) is 78.6 Å². The molecule has 2 saturated carbocycles. The highest BCUT2D eigenvalue weighted by Gasteiger charge is 2.75. The van der Waals surface area contributed by atoms with Gasteiger partial charge in [-0.05, 0) is 12.3 Å². The number of ether oxygens (including phenoxy) is 2. The maximum atomic E-state index is 13.7. The van der Waals surface area contributed by atoms with E-state index in [1.54, 1.807) is 0 Å². The number of rotatable bonds is 2. The molecule has 0 aromatic rings. The van der Waals surface area contributed by atoms with Crippen molar-refractivity contribution in [3.8, 4) is 0 Å². The smallest absolute Gasteiger partial charge is 0.329 e. The van der Waals surface area contributed by atoms with E-state index < -0.39 is 35.5 Å². The molecule has 0 aromatic carbocycles. The molecule has 6 heteroatoms. The van der Waals surface area contributed by atoms with E-state index in [1.807, 2.05) is 0 Å². The summed E-state index contributed by atoms with van der Waals surface area (Å²) >= 11 is 0. The van der Waals surface area contributed by atoms with Crippen LogP contribution in [0.4, 0.5) is 4.39 Å². The van der Waals surface area contributed by atoms with Gasteiger partial charge in [-0.2, -0.15) is 0 Å². The Hall–Kier alpha value is -1.17. The van der Waals surface area contributed by atoms with Crippen molar-refractivity contribution in [3.05, 3.63) is 0 Å². The maximum absolute atomic E-state index is 13.7. The average Bonchev–Trinajstić information content (AvgIpc) is 2.93. The van der Waals surface area contributed by atoms with Crippen LogP contribution in [0.5, 0.6) is 0 Å². The summed E-state index contributed by atoms with van der Waals surface area (Å²) in [6.45, 7) is 0. The summed E-state index contributed by atoms with van der Waals surface area (Å²) in [4.78, 5) is 22.8. The Balaban J connectivity index is 2.21. The van der Waals surface area contributed by atoms with Gasteiger partial charge in [-0.1, -0.05) is 0 Å². The number of hydrogen-bond acceptors (Lipinski definition) is 5. The zero-order chi connectivity index (χ0) is 12.1. The first-order valence-electron chi connectivity index (χ1n) is 5.07. The van der Waals surface area contributed by atoms with E-state index in [4.69, 9.17) is 5.73 Å². The van der Waals surface area contributed by atoms with Crippen LogP contribution < -0.4 is 5.73 Å². The van der Waals surface area contributed by atoms with Gasteiger partial charge in [-0.3, -0.25) is 4.79 Å². The van der Waals surface area contributed by atoms with Gasteiger partial charge in [0.1, 0.15) is 11.7 Å². The zero-order valence-electron chi connectivity index (χ0n) is 9.10. The third kappa shape index (κ3) is 1.19. The predicted octanol–water partition coefficient (Wildman–Crippen LogP) is -0.366. The zero-order valence-corrected chi connectivity index (χ0v) is 9.10. The van der Waals surface area contributed by atoms with E-state index in [9.17, 15) is 14.0 Å². The highest BCUT2D eigenvalue weighted by Crippen LogP contribution is 2.62. The average molecular weight is 231 g/mol. The summed E-state index contributed by atoms with van der Waals surface area (Å²) in [5.74, 6) is -2.35. The van der Waals surface area contributed by atoms with Crippen molar-refractivity contribution in [2.45, 2.75) is 18.1 Å². The Morgan fingerprint density at radius 3 is 2.50 bits per heavy atom. The van der Waals surface area contributed by atoms with E-state index in [-0.39, 0.29) is 12.3 Å². The minimum atomic E-state index is -1.68. The lowest BCUT2D eigenvalue weighted by molar-refractivity contribution is -0.151. The molecule has 5 atom stereocenters. The predicted molar refractivity (Wildman–Crippen MR) is 50.9 cm³/mol. The number of carbonyl (C=O) groups excluding carboxylic acids is 2. The lowest BCUT2D eigenvalue weighted by atomic mass is 9.90. The van der Waals surface area contributed by atoms with E-state index in [0.717, 1.165) is 7.11 Å². The van der Waals surface area contributed by atoms with Gasteiger partial charge in [0.05, 0.1) is 20.1 Å². The molecule has 2 rings (SSSR count). The van der Waals surface area contributed by atoms with E-state index in [0.29, 0.717) is 0 Å².